The molecular weight excluding hydrogens is 268 g/mol. The van der Waals surface area contributed by atoms with Crippen molar-refractivity contribution >= 4 is 17.7 Å². The van der Waals surface area contributed by atoms with E-state index in [0.717, 1.165) is 4.68 Å². The number of nitro groups is 1. The monoisotopic (exact) mass is 284 g/mol. The highest BCUT2D eigenvalue weighted by Gasteiger charge is 2.23. The first-order valence-corrected chi connectivity index (χ1v) is 6.04. The van der Waals surface area contributed by atoms with Crippen LogP contribution in [0.5, 0.6) is 0 Å². The zero-order chi connectivity index (χ0) is 15.3. The average molecular weight is 284 g/mol. The van der Waals surface area contributed by atoms with Gasteiger partial charge in [0.15, 0.2) is 0 Å². The minimum absolute atomic E-state index is 0.231. The quantitative estimate of drug-likeness (QED) is 0.575. The van der Waals surface area contributed by atoms with Crippen LogP contribution < -0.4 is 0 Å². The number of rotatable bonds is 7. The van der Waals surface area contributed by atoms with Crippen LogP contribution in [-0.2, 0) is 16.1 Å². The van der Waals surface area contributed by atoms with E-state index in [1.165, 1.54) is 17.2 Å². The first-order chi connectivity index (χ1) is 9.35. The molecule has 1 aromatic rings. The van der Waals surface area contributed by atoms with Gasteiger partial charge in [0, 0.05) is 6.04 Å². The molecule has 0 aliphatic carbocycles. The van der Waals surface area contributed by atoms with Gasteiger partial charge in [-0.15, -0.1) is 0 Å². The third kappa shape index (κ3) is 4.04. The summed E-state index contributed by atoms with van der Waals surface area (Å²) >= 11 is 0. The number of carboxylic acids is 1. The van der Waals surface area contributed by atoms with Crippen LogP contribution in [-0.4, -0.2) is 49.2 Å². The Labute approximate surface area is 114 Å². The van der Waals surface area contributed by atoms with Crippen molar-refractivity contribution in [2.45, 2.75) is 32.9 Å². The normalized spacial score (nSPS) is 11.9. The highest BCUT2D eigenvalue weighted by atomic mass is 16.6. The zero-order valence-electron chi connectivity index (χ0n) is 11.2. The molecule has 0 spiro atoms. The molecule has 1 unspecified atom stereocenters. The molecule has 1 atom stereocenters. The fraction of sp³-hybridized carbons (Fsp3) is 0.545. The highest BCUT2D eigenvalue weighted by Crippen LogP contribution is 2.08. The molecule has 1 amide bonds. The van der Waals surface area contributed by atoms with Crippen molar-refractivity contribution in [3.05, 3.63) is 22.4 Å². The van der Waals surface area contributed by atoms with Crippen LogP contribution in [0.15, 0.2) is 12.3 Å². The van der Waals surface area contributed by atoms with Crippen LogP contribution >= 0.6 is 0 Å². The molecule has 0 radical (unpaired) electrons. The van der Waals surface area contributed by atoms with Gasteiger partial charge < -0.3 is 20.1 Å². The van der Waals surface area contributed by atoms with E-state index in [-0.39, 0.29) is 18.4 Å². The van der Waals surface area contributed by atoms with Crippen LogP contribution in [0.1, 0.15) is 20.3 Å². The van der Waals surface area contributed by atoms with Crippen molar-refractivity contribution in [1.29, 1.82) is 0 Å². The van der Waals surface area contributed by atoms with Crippen molar-refractivity contribution in [3.63, 3.8) is 0 Å². The number of aromatic nitrogens is 2. The van der Waals surface area contributed by atoms with Gasteiger partial charge >= 0.3 is 11.8 Å². The Hall–Kier alpha value is -2.45. The summed E-state index contributed by atoms with van der Waals surface area (Å²) in [6.45, 7) is 2.95. The molecule has 0 fully saturated rings. The lowest BCUT2D eigenvalue weighted by Gasteiger charge is -2.26. The molecule has 0 saturated heterocycles. The molecule has 1 rings (SSSR count). The number of hydrogen-bond donors (Lipinski definition) is 1. The van der Waals surface area contributed by atoms with Gasteiger partial charge in [-0.1, -0.05) is 6.92 Å². The number of hydrogen-bond acceptors (Lipinski definition) is 5. The topological polar surface area (TPSA) is 119 Å². The first kappa shape index (κ1) is 15.6. The Balaban J connectivity index is 2.78. The summed E-state index contributed by atoms with van der Waals surface area (Å²) in [6, 6.07) is 0.946. The minimum Gasteiger partial charge on any atom is -0.480 e. The molecule has 110 valence electrons. The lowest BCUT2D eigenvalue weighted by Crippen LogP contribution is -2.43. The predicted molar refractivity (Wildman–Crippen MR) is 68.0 cm³/mol. The summed E-state index contributed by atoms with van der Waals surface area (Å²) in [5, 5.41) is 22.9. The summed E-state index contributed by atoms with van der Waals surface area (Å²) in [7, 11) is 0. The Morgan fingerprint density at radius 2 is 2.25 bits per heavy atom. The lowest BCUT2D eigenvalue weighted by molar-refractivity contribution is -0.389. The molecule has 20 heavy (non-hydrogen) atoms. The van der Waals surface area contributed by atoms with Crippen LogP contribution in [0.25, 0.3) is 0 Å². The standard InChI is InChI=1S/C11H16N4O5/c1-3-8(2)14(7-11(17)18)10(16)6-13-5-4-9(12-13)15(19)20/h4-5,8H,3,6-7H2,1-2H3,(H,17,18). The van der Waals surface area contributed by atoms with Crippen LogP contribution in [0, 0.1) is 10.1 Å². The predicted octanol–water partition coefficient (Wildman–Crippen LogP) is 0.503. The SMILES string of the molecule is CCC(C)N(CC(=O)O)C(=O)Cn1ccc([N+](=O)[O-])n1. The number of nitrogens with zero attached hydrogens (tertiary/aromatic N) is 4. The number of amides is 1. The summed E-state index contributed by atoms with van der Waals surface area (Å²) in [4.78, 5) is 33.9. The largest absolute Gasteiger partial charge is 0.480 e. The van der Waals surface area contributed by atoms with Crippen molar-refractivity contribution < 1.29 is 19.6 Å². The Bertz CT molecular complexity index is 513. The second kappa shape index (κ2) is 6.64. The van der Waals surface area contributed by atoms with Gasteiger partial charge in [-0.2, -0.15) is 4.68 Å². The molecule has 0 aliphatic heterocycles. The Kier molecular flexibility index (Phi) is 5.18. The van der Waals surface area contributed by atoms with Gasteiger partial charge in [-0.25, -0.2) is 0 Å². The Morgan fingerprint density at radius 3 is 2.70 bits per heavy atom. The number of carboxylic acid groups (broad SMARTS) is 1. The fourth-order valence-corrected chi connectivity index (χ4v) is 1.62. The second-order valence-corrected chi connectivity index (χ2v) is 4.30. The third-order valence-electron chi connectivity index (χ3n) is 2.86. The molecule has 0 bridgehead atoms. The van der Waals surface area contributed by atoms with E-state index in [1.807, 2.05) is 6.92 Å². The van der Waals surface area contributed by atoms with Crippen molar-refractivity contribution in [3.8, 4) is 0 Å². The summed E-state index contributed by atoms with van der Waals surface area (Å²) in [6.07, 6.45) is 1.92. The van der Waals surface area contributed by atoms with Gasteiger partial charge in [0.1, 0.15) is 13.1 Å². The maximum Gasteiger partial charge on any atom is 0.389 e. The van der Waals surface area contributed by atoms with Gasteiger partial charge in [-0.05, 0) is 18.3 Å². The average Bonchev–Trinajstić information content (AvgIpc) is 2.83. The Morgan fingerprint density at radius 1 is 1.60 bits per heavy atom. The summed E-state index contributed by atoms with van der Waals surface area (Å²) in [5.41, 5.74) is 0. The van der Waals surface area contributed by atoms with Crippen LogP contribution in [0.2, 0.25) is 0 Å². The molecule has 0 aromatic carbocycles. The van der Waals surface area contributed by atoms with E-state index in [0.29, 0.717) is 6.42 Å². The van der Waals surface area contributed by atoms with E-state index < -0.39 is 23.3 Å². The van der Waals surface area contributed by atoms with E-state index in [4.69, 9.17) is 5.11 Å². The van der Waals surface area contributed by atoms with E-state index in [9.17, 15) is 19.7 Å². The lowest BCUT2D eigenvalue weighted by atomic mass is 10.2. The number of aliphatic carboxylic acids is 1. The summed E-state index contributed by atoms with van der Waals surface area (Å²) < 4.78 is 1.12. The van der Waals surface area contributed by atoms with E-state index >= 15 is 0 Å². The minimum atomic E-state index is -1.11. The fourth-order valence-electron chi connectivity index (χ4n) is 1.62. The van der Waals surface area contributed by atoms with E-state index in [1.54, 1.807) is 6.92 Å². The molecule has 9 nitrogen and oxygen atoms in total. The number of carbonyl (C=O) groups excluding carboxylic acids is 1. The molecule has 1 aromatic heterocycles. The first-order valence-electron chi connectivity index (χ1n) is 6.04. The summed E-state index contributed by atoms with van der Waals surface area (Å²) in [5.74, 6) is -1.91. The van der Waals surface area contributed by atoms with Crippen LogP contribution in [0.3, 0.4) is 0 Å². The highest BCUT2D eigenvalue weighted by molar-refractivity contribution is 5.81. The molecule has 0 aliphatic rings. The van der Waals surface area contributed by atoms with Gasteiger partial charge in [0.25, 0.3) is 0 Å². The molecule has 1 heterocycles. The maximum absolute atomic E-state index is 12.1. The number of carbonyl (C=O) groups is 2. The van der Waals surface area contributed by atoms with Gasteiger partial charge in [-0.3, -0.25) is 9.59 Å². The van der Waals surface area contributed by atoms with Crippen molar-refractivity contribution in [2.24, 2.45) is 0 Å². The van der Waals surface area contributed by atoms with Gasteiger partial charge in [0.2, 0.25) is 5.91 Å². The van der Waals surface area contributed by atoms with Crippen molar-refractivity contribution in [1.82, 2.24) is 14.7 Å². The van der Waals surface area contributed by atoms with E-state index in [2.05, 4.69) is 5.10 Å². The second-order valence-electron chi connectivity index (χ2n) is 4.30. The molecule has 9 heteroatoms. The maximum atomic E-state index is 12.1. The molecule has 1 N–H and O–H groups in total. The smallest absolute Gasteiger partial charge is 0.389 e. The zero-order valence-corrected chi connectivity index (χ0v) is 11.2. The van der Waals surface area contributed by atoms with Crippen molar-refractivity contribution in [2.75, 3.05) is 6.54 Å². The molecular formula is C11H16N4O5. The van der Waals surface area contributed by atoms with Crippen LogP contribution in [0.4, 0.5) is 5.82 Å². The molecule has 0 saturated carbocycles. The third-order valence-corrected chi connectivity index (χ3v) is 2.86. The van der Waals surface area contributed by atoms with Gasteiger partial charge in [0.05, 0.1) is 17.4 Å².